The fourth-order valence-corrected chi connectivity index (χ4v) is 6.06. The summed E-state index contributed by atoms with van der Waals surface area (Å²) in [5.74, 6) is 0. The molecule has 36 heavy (non-hydrogen) atoms. The summed E-state index contributed by atoms with van der Waals surface area (Å²) in [6.07, 6.45) is 1.93. The van der Waals surface area contributed by atoms with E-state index in [1.165, 1.54) is 37.4 Å². The van der Waals surface area contributed by atoms with Crippen LogP contribution in [-0.2, 0) is 0 Å². The van der Waals surface area contributed by atoms with Crippen LogP contribution in [0, 0.1) is 0 Å². The van der Waals surface area contributed by atoms with Crippen LogP contribution in [0.4, 0.5) is 17.1 Å². The van der Waals surface area contributed by atoms with Gasteiger partial charge in [-0.2, -0.15) is 0 Å². The molecule has 0 aliphatic carbocycles. The molecule has 2 heterocycles. The monoisotopic (exact) mass is 478 g/mol. The molecule has 0 atom stereocenters. The predicted molar refractivity (Wildman–Crippen MR) is 155 cm³/mol. The minimum absolute atomic E-state index is 1.06. The van der Waals surface area contributed by atoms with Crippen LogP contribution >= 0.6 is 11.3 Å². The van der Waals surface area contributed by atoms with Crippen LogP contribution in [0.2, 0.25) is 0 Å². The van der Waals surface area contributed by atoms with Crippen molar-refractivity contribution in [3.63, 3.8) is 0 Å². The minimum atomic E-state index is 1.06. The van der Waals surface area contributed by atoms with E-state index in [-0.39, 0.29) is 0 Å². The van der Waals surface area contributed by atoms with Crippen molar-refractivity contribution in [3.8, 4) is 11.1 Å². The Kier molecular flexibility index (Phi) is 5.00. The zero-order valence-electron chi connectivity index (χ0n) is 19.5. The highest BCUT2D eigenvalue weighted by molar-refractivity contribution is 7.25. The average Bonchev–Trinajstić information content (AvgIpc) is 3.33. The third kappa shape index (κ3) is 3.53. The summed E-state index contributed by atoms with van der Waals surface area (Å²) in [7, 11) is 0. The number of benzene rings is 5. The summed E-state index contributed by atoms with van der Waals surface area (Å²) in [5, 5.41) is 4.90. The smallest absolute Gasteiger partial charge is 0.126 e. The van der Waals surface area contributed by atoms with Crippen LogP contribution in [0.5, 0.6) is 0 Å². The highest BCUT2D eigenvalue weighted by atomic mass is 32.1. The highest BCUT2D eigenvalue weighted by Gasteiger charge is 2.19. The number of nitrogens with zero attached hydrogens (tertiary/aromatic N) is 2. The Morgan fingerprint density at radius 2 is 1.25 bits per heavy atom. The van der Waals surface area contributed by atoms with Gasteiger partial charge in [-0.25, -0.2) is 4.98 Å². The molecule has 0 aliphatic heterocycles. The quantitative estimate of drug-likeness (QED) is 0.250. The Morgan fingerprint density at radius 1 is 0.556 bits per heavy atom. The van der Waals surface area contributed by atoms with Gasteiger partial charge in [-0.1, -0.05) is 91.0 Å². The summed E-state index contributed by atoms with van der Waals surface area (Å²) in [6, 6.07) is 45.4. The summed E-state index contributed by atoms with van der Waals surface area (Å²) >= 11 is 1.75. The van der Waals surface area contributed by atoms with Crippen LogP contribution < -0.4 is 4.90 Å². The van der Waals surface area contributed by atoms with E-state index in [9.17, 15) is 0 Å². The third-order valence-electron chi connectivity index (χ3n) is 6.72. The molecule has 0 fully saturated rings. The van der Waals surface area contributed by atoms with Crippen LogP contribution in [0.3, 0.4) is 0 Å². The van der Waals surface area contributed by atoms with Crippen molar-refractivity contribution in [2.75, 3.05) is 4.90 Å². The molecule has 2 nitrogen and oxygen atoms in total. The second kappa shape index (κ2) is 8.63. The molecule has 0 N–H and O–H groups in total. The molecule has 0 unspecified atom stereocenters. The lowest BCUT2D eigenvalue weighted by Crippen LogP contribution is -2.10. The lowest BCUT2D eigenvalue weighted by Gasteiger charge is -2.27. The number of aromatic nitrogens is 1. The molecule has 0 spiro atoms. The molecule has 0 radical (unpaired) electrons. The second-order valence-corrected chi connectivity index (χ2v) is 9.92. The maximum absolute atomic E-state index is 4.74. The number of fused-ring (bicyclic) bond motifs is 4. The van der Waals surface area contributed by atoms with Crippen LogP contribution in [-0.4, -0.2) is 4.98 Å². The topological polar surface area (TPSA) is 16.1 Å². The number of pyridine rings is 1. The molecule has 0 aliphatic rings. The van der Waals surface area contributed by atoms with Crippen molar-refractivity contribution in [1.82, 2.24) is 4.98 Å². The number of thiophene rings is 1. The van der Waals surface area contributed by atoms with Crippen molar-refractivity contribution in [2.45, 2.75) is 0 Å². The zero-order valence-corrected chi connectivity index (χ0v) is 20.3. The maximum Gasteiger partial charge on any atom is 0.126 e. The number of rotatable bonds is 4. The van der Waals surface area contributed by atoms with Crippen LogP contribution in [0.25, 0.3) is 42.2 Å². The summed E-state index contributed by atoms with van der Waals surface area (Å²) in [6.45, 7) is 0. The van der Waals surface area contributed by atoms with E-state index in [0.717, 1.165) is 21.9 Å². The van der Waals surface area contributed by atoms with Crippen molar-refractivity contribution >= 4 is 59.5 Å². The Hall–Kier alpha value is -4.47. The number of hydrogen-bond donors (Lipinski definition) is 0. The van der Waals surface area contributed by atoms with Gasteiger partial charge in [-0.3, -0.25) is 0 Å². The third-order valence-corrected chi connectivity index (χ3v) is 7.80. The van der Waals surface area contributed by atoms with E-state index in [1.54, 1.807) is 11.3 Å². The van der Waals surface area contributed by atoms with E-state index in [4.69, 9.17) is 4.98 Å². The van der Waals surface area contributed by atoms with Gasteiger partial charge in [0.1, 0.15) is 4.83 Å². The molecule has 3 heteroatoms. The Balaban J connectivity index is 1.47. The summed E-state index contributed by atoms with van der Waals surface area (Å²) in [4.78, 5) is 8.17. The lowest BCUT2D eigenvalue weighted by molar-refractivity contribution is 1.29. The average molecular weight is 479 g/mol. The van der Waals surface area contributed by atoms with E-state index in [1.807, 2.05) is 6.20 Å². The van der Waals surface area contributed by atoms with Gasteiger partial charge in [-0.05, 0) is 58.3 Å². The molecule has 0 bridgehead atoms. The van der Waals surface area contributed by atoms with Gasteiger partial charge < -0.3 is 4.90 Å². The van der Waals surface area contributed by atoms with Gasteiger partial charge in [-0.15, -0.1) is 11.3 Å². The molecule has 170 valence electrons. The summed E-state index contributed by atoms with van der Waals surface area (Å²) < 4.78 is 1.25. The van der Waals surface area contributed by atoms with E-state index in [2.05, 4.69) is 132 Å². The maximum atomic E-state index is 4.74. The fraction of sp³-hybridized carbons (Fsp3) is 0. The van der Waals surface area contributed by atoms with Gasteiger partial charge in [0.15, 0.2) is 0 Å². The fourth-order valence-electron chi connectivity index (χ4n) is 4.99. The minimum Gasteiger partial charge on any atom is -0.310 e. The number of hydrogen-bond acceptors (Lipinski definition) is 3. The van der Waals surface area contributed by atoms with Crippen molar-refractivity contribution < 1.29 is 0 Å². The van der Waals surface area contributed by atoms with E-state index >= 15 is 0 Å². The molecule has 2 aromatic heterocycles. The van der Waals surface area contributed by atoms with Crippen LogP contribution in [0.1, 0.15) is 0 Å². The number of anilines is 3. The van der Waals surface area contributed by atoms with E-state index in [0.29, 0.717) is 0 Å². The molecule has 5 aromatic carbocycles. The second-order valence-electron chi connectivity index (χ2n) is 8.89. The molecular weight excluding hydrogens is 456 g/mol. The first-order valence-electron chi connectivity index (χ1n) is 12.1. The molecule has 0 saturated carbocycles. The highest BCUT2D eigenvalue weighted by Crippen LogP contribution is 2.44. The molecule has 0 amide bonds. The van der Waals surface area contributed by atoms with Gasteiger partial charge in [0.2, 0.25) is 0 Å². The van der Waals surface area contributed by atoms with Gasteiger partial charge >= 0.3 is 0 Å². The zero-order chi connectivity index (χ0) is 23.9. The Morgan fingerprint density at radius 3 is 2.11 bits per heavy atom. The molecule has 7 aromatic rings. The standard InChI is InChI=1S/C33H22N2S/c1-2-8-23(9-3-1)25-14-17-27(18-15-25)35(28-19-16-24-10-4-5-11-26(24)22-28)30-20-21-34-33-32(30)29-12-6-7-13-31(29)36-33/h1-22H. The summed E-state index contributed by atoms with van der Waals surface area (Å²) in [5.41, 5.74) is 5.81. The van der Waals surface area contributed by atoms with Crippen molar-refractivity contribution in [3.05, 3.63) is 134 Å². The first kappa shape index (κ1) is 20.9. The first-order valence-corrected chi connectivity index (χ1v) is 12.9. The first-order chi connectivity index (χ1) is 17.8. The largest absolute Gasteiger partial charge is 0.310 e. The molecule has 7 rings (SSSR count). The van der Waals surface area contributed by atoms with Gasteiger partial charge in [0, 0.05) is 33.0 Å². The van der Waals surface area contributed by atoms with E-state index < -0.39 is 0 Å². The van der Waals surface area contributed by atoms with Crippen molar-refractivity contribution in [2.24, 2.45) is 0 Å². The lowest BCUT2D eigenvalue weighted by atomic mass is 10.0. The Labute approximate surface area is 213 Å². The van der Waals surface area contributed by atoms with Gasteiger partial charge in [0.25, 0.3) is 0 Å². The normalized spacial score (nSPS) is 11.3. The Bertz CT molecular complexity index is 1840. The SMILES string of the molecule is c1ccc(-c2ccc(N(c3ccc4ccccc4c3)c3ccnc4sc5ccccc5c34)cc2)cc1. The predicted octanol–water partition coefficient (Wildman–Crippen LogP) is 9.74. The van der Waals surface area contributed by atoms with Crippen molar-refractivity contribution in [1.29, 1.82) is 0 Å². The van der Waals surface area contributed by atoms with Crippen LogP contribution in [0.15, 0.2) is 134 Å². The van der Waals surface area contributed by atoms with Gasteiger partial charge in [0.05, 0.1) is 5.69 Å². The molecular formula is C33H22N2S. The molecule has 0 saturated heterocycles.